The van der Waals surface area contributed by atoms with Crippen LogP contribution in [-0.2, 0) is 65.9 Å². The van der Waals surface area contributed by atoms with E-state index < -0.39 is 56.2 Å². The molecule has 0 bridgehead atoms. The maximum atomic E-state index is 14.0. The van der Waals surface area contributed by atoms with Crippen molar-refractivity contribution in [1.82, 2.24) is 21.0 Å². The lowest BCUT2D eigenvalue weighted by Gasteiger charge is -2.29. The Morgan fingerprint density at radius 1 is 0.639 bits per heavy atom. The third-order valence-corrected chi connectivity index (χ3v) is 13.0. The molecule has 1 fully saturated rings. The fourth-order valence-corrected chi connectivity index (χ4v) is 9.40. The Kier molecular flexibility index (Phi) is 29.3. The van der Waals surface area contributed by atoms with Crippen LogP contribution in [0.4, 0.5) is 0 Å². The molecule has 0 aromatic heterocycles. The van der Waals surface area contributed by atoms with E-state index in [9.17, 15) is 33.6 Å². The number of nitrogens with zero attached hydrogens (tertiary/aromatic N) is 1. The molecule has 352 valence electrons. The highest BCUT2D eigenvalue weighted by Crippen LogP contribution is 2.28. The fraction of sp³-hybridized carbons (Fsp3) is 0.833. The van der Waals surface area contributed by atoms with E-state index in [2.05, 4.69) is 16.0 Å². The highest BCUT2D eigenvalue weighted by atomic mass is 28.4. The lowest BCUT2D eigenvalue weighted by Crippen LogP contribution is -2.46. The van der Waals surface area contributed by atoms with Gasteiger partial charge in [-0.3, -0.25) is 28.8 Å². The van der Waals surface area contributed by atoms with Gasteiger partial charge >= 0.3 is 20.7 Å². The van der Waals surface area contributed by atoms with E-state index in [1.807, 2.05) is 48.5 Å². The quantitative estimate of drug-likeness (QED) is 0.0350. The van der Waals surface area contributed by atoms with Crippen LogP contribution in [0.1, 0.15) is 126 Å². The Balaban J connectivity index is 3.07. The van der Waals surface area contributed by atoms with Crippen molar-refractivity contribution in [2.75, 3.05) is 65.9 Å². The first kappa shape index (κ1) is 55.5. The summed E-state index contributed by atoms with van der Waals surface area (Å²) in [5, 5.41) is 9.38. The molecule has 19 heteroatoms. The number of ether oxygens (including phenoxy) is 3. The third-order valence-electron chi connectivity index (χ3n) is 9.88. The molecular formula is C42H76N4O14Si. The zero-order chi connectivity index (χ0) is 45.6. The van der Waals surface area contributed by atoms with E-state index in [0.29, 0.717) is 89.4 Å². The summed E-state index contributed by atoms with van der Waals surface area (Å²) in [6, 6.07) is 0.387. The van der Waals surface area contributed by atoms with Gasteiger partial charge in [-0.1, -0.05) is 20.3 Å². The molecule has 18 nitrogen and oxygen atoms in total. The number of amides is 5. The number of hydrogen-bond acceptors (Lipinski definition) is 14. The normalized spacial score (nSPS) is 15.0. The van der Waals surface area contributed by atoms with E-state index in [1.165, 1.54) is 0 Å². The van der Waals surface area contributed by atoms with E-state index in [0.717, 1.165) is 0 Å². The van der Waals surface area contributed by atoms with Crippen molar-refractivity contribution >= 4 is 50.3 Å². The summed E-state index contributed by atoms with van der Waals surface area (Å²) in [7, 11) is -2.95. The van der Waals surface area contributed by atoms with Crippen LogP contribution in [-0.4, -0.2) is 127 Å². The molecule has 1 heterocycles. The highest BCUT2D eigenvalue weighted by molar-refractivity contribution is 6.60. The van der Waals surface area contributed by atoms with Gasteiger partial charge in [-0.05, 0) is 86.5 Å². The third kappa shape index (κ3) is 23.0. The predicted octanol–water partition coefficient (Wildman–Crippen LogP) is 4.01. The Bertz CT molecular complexity index is 1310. The molecular weight excluding hydrogens is 813 g/mol. The summed E-state index contributed by atoms with van der Waals surface area (Å²) in [5.41, 5.74) is 0. The maximum Gasteiger partial charge on any atom is 0.500 e. The van der Waals surface area contributed by atoms with Crippen molar-refractivity contribution in [3.8, 4) is 0 Å². The van der Waals surface area contributed by atoms with Gasteiger partial charge in [0.15, 0.2) is 0 Å². The van der Waals surface area contributed by atoms with Gasteiger partial charge in [-0.15, -0.1) is 5.06 Å². The molecule has 1 aliphatic heterocycles. The lowest BCUT2D eigenvalue weighted by molar-refractivity contribution is -0.197. The average molecular weight is 889 g/mol. The van der Waals surface area contributed by atoms with Crippen molar-refractivity contribution in [3.05, 3.63) is 0 Å². The second-order valence-electron chi connectivity index (χ2n) is 15.3. The van der Waals surface area contributed by atoms with Crippen molar-refractivity contribution in [2.24, 2.45) is 23.7 Å². The predicted molar refractivity (Wildman–Crippen MR) is 227 cm³/mol. The van der Waals surface area contributed by atoms with Crippen LogP contribution in [0.5, 0.6) is 0 Å². The summed E-state index contributed by atoms with van der Waals surface area (Å²) < 4.78 is 34.4. The van der Waals surface area contributed by atoms with Crippen LogP contribution in [0.15, 0.2) is 0 Å². The Labute approximate surface area is 364 Å². The zero-order valence-electron chi connectivity index (χ0n) is 38.1. The monoisotopic (exact) mass is 889 g/mol. The molecule has 1 aliphatic rings. The molecule has 3 N–H and O–H groups in total. The van der Waals surface area contributed by atoms with E-state index in [4.69, 9.17) is 32.3 Å². The molecule has 0 aromatic rings. The summed E-state index contributed by atoms with van der Waals surface area (Å²) in [4.78, 5) is 94.7. The van der Waals surface area contributed by atoms with Gasteiger partial charge in [0.1, 0.15) is 6.61 Å². The summed E-state index contributed by atoms with van der Waals surface area (Å²) >= 11 is 0. The van der Waals surface area contributed by atoms with Crippen LogP contribution in [0.2, 0.25) is 6.04 Å². The topological polar surface area (TPSA) is 223 Å². The largest absolute Gasteiger partial charge is 0.500 e. The van der Waals surface area contributed by atoms with Crippen molar-refractivity contribution in [3.63, 3.8) is 0 Å². The summed E-state index contributed by atoms with van der Waals surface area (Å²) in [6.45, 7) is 18.1. The highest BCUT2D eigenvalue weighted by Gasteiger charge is 2.40. The number of carbonyl (C=O) groups is 7. The van der Waals surface area contributed by atoms with Crippen molar-refractivity contribution in [2.45, 2.75) is 138 Å². The Morgan fingerprint density at radius 2 is 1.21 bits per heavy atom. The number of unbranched alkanes of at least 4 members (excludes halogenated alkanes) is 2. The Morgan fingerprint density at radius 3 is 1.80 bits per heavy atom. The van der Waals surface area contributed by atoms with Crippen molar-refractivity contribution < 1.29 is 65.9 Å². The molecule has 1 saturated heterocycles. The SMILES string of the molecule is CCOCCOCCOC(=O)C(CC(C)C(=O)NCCCCCC(=O)ON1C(=O)CCC1=O)CC(CC(CC)C(=O)NC(C)C)C(=O)NCCC[Si](OCC)(OCC)OCC. The van der Waals surface area contributed by atoms with E-state index in [-0.39, 0.29) is 82.0 Å². The van der Waals surface area contributed by atoms with Gasteiger partial charge < -0.3 is 48.3 Å². The smallest absolute Gasteiger partial charge is 0.463 e. The minimum atomic E-state index is -2.95. The van der Waals surface area contributed by atoms with E-state index >= 15 is 0 Å². The summed E-state index contributed by atoms with van der Waals surface area (Å²) in [5.74, 6) is -5.89. The second kappa shape index (κ2) is 32.2. The van der Waals surface area contributed by atoms with E-state index in [1.54, 1.807) is 6.92 Å². The van der Waals surface area contributed by atoms with Crippen LogP contribution in [0, 0.1) is 23.7 Å². The van der Waals surface area contributed by atoms with Gasteiger partial charge in [0, 0.05) is 88.6 Å². The molecule has 61 heavy (non-hydrogen) atoms. The van der Waals surface area contributed by atoms with Gasteiger partial charge in [0.05, 0.1) is 25.7 Å². The molecule has 5 amide bonds. The number of nitrogens with one attached hydrogen (secondary N) is 3. The van der Waals surface area contributed by atoms with Gasteiger partial charge in [-0.25, -0.2) is 4.79 Å². The van der Waals surface area contributed by atoms with Gasteiger partial charge in [0.2, 0.25) is 17.7 Å². The standard InChI is InChI=1S/C42H76N4O14Si/c1-9-33(41(52)45-31(6)7)29-34(40(51)44-22-17-27-61(57-11-3,58-12-4)59-13-5)30-35(42(53)56-26-25-55-24-23-54-10-2)28-32(8)39(50)43-21-16-14-15-18-38(49)60-46-36(47)19-20-37(46)48/h31-35H,9-30H2,1-8H3,(H,43,50)(H,44,51)(H,45,52). The number of carbonyl (C=O) groups excluding carboxylic acids is 7. The second-order valence-corrected chi connectivity index (χ2v) is 18.0. The van der Waals surface area contributed by atoms with Crippen molar-refractivity contribution in [1.29, 1.82) is 0 Å². The number of esters is 1. The molecule has 0 saturated carbocycles. The molecule has 0 aliphatic carbocycles. The van der Waals surface area contributed by atoms with Crippen LogP contribution < -0.4 is 16.0 Å². The number of imide groups is 1. The molecule has 4 unspecified atom stereocenters. The zero-order valence-corrected chi connectivity index (χ0v) is 39.1. The van der Waals surface area contributed by atoms with Crippen LogP contribution in [0.25, 0.3) is 0 Å². The number of hydroxylamine groups is 2. The minimum Gasteiger partial charge on any atom is -0.463 e. The first-order valence-electron chi connectivity index (χ1n) is 22.3. The Hall–Kier alpha value is -3.49. The summed E-state index contributed by atoms with van der Waals surface area (Å²) in [6.07, 6.45) is 2.88. The van der Waals surface area contributed by atoms with Crippen LogP contribution in [0.3, 0.4) is 0 Å². The molecule has 0 spiro atoms. The lowest BCUT2D eigenvalue weighted by atomic mass is 9.81. The average Bonchev–Trinajstić information content (AvgIpc) is 3.53. The van der Waals surface area contributed by atoms with Gasteiger partial charge in [0.25, 0.3) is 11.8 Å². The maximum absolute atomic E-state index is 14.0. The van der Waals surface area contributed by atoms with Crippen LogP contribution >= 0.6 is 0 Å². The first-order valence-corrected chi connectivity index (χ1v) is 24.3. The number of rotatable bonds is 36. The fourth-order valence-electron chi connectivity index (χ4n) is 6.79. The minimum absolute atomic E-state index is 0.00580. The van der Waals surface area contributed by atoms with Gasteiger partial charge in [-0.2, -0.15) is 0 Å². The molecule has 0 radical (unpaired) electrons. The number of hydrogen-bond donors (Lipinski definition) is 3. The molecule has 4 atom stereocenters. The molecule has 1 rings (SSSR count). The first-order chi connectivity index (χ1) is 29.2. The molecule has 0 aromatic carbocycles.